The molecule has 1 N–H and O–H groups in total. The standard InChI is InChI=1S/C33H36N2O3/c1-32(2,3)38-31(36)34-20-19-33(37,24-34)30-16-10-15-27-17-18-28(21-29(27)30)35(22-25-11-6-4-7-12-25)23-26-13-8-5-9-14-26/h4-18,21,37H,19-20,22-24H2,1-3H3. The first-order valence-corrected chi connectivity index (χ1v) is 13.3. The van der Waals surface area contributed by atoms with Crippen LogP contribution in [0.3, 0.4) is 0 Å². The van der Waals surface area contributed by atoms with Crippen LogP contribution in [-0.4, -0.2) is 34.8 Å². The predicted octanol–water partition coefficient (Wildman–Crippen LogP) is 6.88. The second-order valence-corrected chi connectivity index (χ2v) is 11.2. The average Bonchev–Trinajstić information content (AvgIpc) is 3.31. The van der Waals surface area contributed by atoms with Crippen molar-refractivity contribution in [2.24, 2.45) is 0 Å². The van der Waals surface area contributed by atoms with E-state index in [0.717, 1.165) is 35.1 Å². The first-order valence-electron chi connectivity index (χ1n) is 13.3. The van der Waals surface area contributed by atoms with E-state index < -0.39 is 11.2 Å². The molecule has 5 heteroatoms. The molecular weight excluding hydrogens is 472 g/mol. The maximum Gasteiger partial charge on any atom is 0.410 e. The SMILES string of the molecule is CC(C)(C)OC(=O)N1CCC(O)(c2cccc3ccc(N(Cc4ccccc4)Cc4ccccc4)cc23)C1. The van der Waals surface area contributed by atoms with Crippen LogP contribution in [0, 0.1) is 0 Å². The van der Waals surface area contributed by atoms with E-state index >= 15 is 0 Å². The normalized spacial score (nSPS) is 17.5. The number of benzene rings is 4. The Morgan fingerprint density at radius 2 is 1.53 bits per heavy atom. The molecule has 0 aromatic heterocycles. The van der Waals surface area contributed by atoms with E-state index in [1.54, 1.807) is 4.90 Å². The number of β-amino-alcohol motifs (C(OH)–C–C–N with tert-alkyl or cyclic N) is 1. The maximum atomic E-state index is 12.7. The van der Waals surface area contributed by atoms with Gasteiger partial charge in [-0.2, -0.15) is 0 Å². The number of likely N-dealkylation sites (tertiary alicyclic amines) is 1. The summed E-state index contributed by atoms with van der Waals surface area (Å²) in [6.07, 6.45) is 0.0825. The van der Waals surface area contributed by atoms with Crippen molar-refractivity contribution in [2.45, 2.75) is 51.5 Å². The summed E-state index contributed by atoms with van der Waals surface area (Å²) in [5.41, 5.74) is 2.69. The molecule has 1 unspecified atom stereocenters. The van der Waals surface area contributed by atoms with Crippen molar-refractivity contribution in [1.29, 1.82) is 0 Å². The van der Waals surface area contributed by atoms with Crippen molar-refractivity contribution in [1.82, 2.24) is 4.90 Å². The number of carbonyl (C=O) groups is 1. The molecule has 0 saturated carbocycles. The molecule has 196 valence electrons. The molecule has 0 radical (unpaired) electrons. The van der Waals surface area contributed by atoms with Gasteiger partial charge in [-0.05, 0) is 66.8 Å². The van der Waals surface area contributed by atoms with Crippen molar-refractivity contribution in [3.63, 3.8) is 0 Å². The van der Waals surface area contributed by atoms with E-state index in [1.807, 2.05) is 45.0 Å². The van der Waals surface area contributed by atoms with Crippen molar-refractivity contribution in [3.05, 3.63) is 114 Å². The van der Waals surface area contributed by atoms with Crippen LogP contribution in [-0.2, 0) is 23.4 Å². The first kappa shape index (κ1) is 25.8. The van der Waals surface area contributed by atoms with Gasteiger partial charge in [-0.15, -0.1) is 0 Å². The molecule has 4 aromatic carbocycles. The molecule has 4 aromatic rings. The summed E-state index contributed by atoms with van der Waals surface area (Å²) in [4.78, 5) is 16.7. The summed E-state index contributed by atoms with van der Waals surface area (Å²) >= 11 is 0. The van der Waals surface area contributed by atoms with Gasteiger partial charge in [0.15, 0.2) is 0 Å². The third-order valence-electron chi connectivity index (χ3n) is 7.06. The number of aliphatic hydroxyl groups is 1. The monoisotopic (exact) mass is 508 g/mol. The van der Waals surface area contributed by atoms with Crippen LogP contribution < -0.4 is 4.90 Å². The molecule has 1 heterocycles. The Labute approximate surface area is 225 Å². The summed E-state index contributed by atoms with van der Waals surface area (Å²) in [6.45, 7) is 7.76. The fourth-order valence-corrected chi connectivity index (χ4v) is 5.21. The third-order valence-corrected chi connectivity index (χ3v) is 7.06. The number of hydrogen-bond acceptors (Lipinski definition) is 4. The lowest BCUT2D eigenvalue weighted by atomic mass is 9.88. The zero-order chi connectivity index (χ0) is 26.8. The highest BCUT2D eigenvalue weighted by Gasteiger charge is 2.42. The van der Waals surface area contributed by atoms with Crippen LogP contribution in [0.4, 0.5) is 10.5 Å². The fraction of sp³-hybridized carbons (Fsp3) is 0.303. The minimum atomic E-state index is -1.14. The highest BCUT2D eigenvalue weighted by atomic mass is 16.6. The lowest BCUT2D eigenvalue weighted by Crippen LogP contribution is -2.38. The summed E-state index contributed by atoms with van der Waals surface area (Å²) in [6, 6.07) is 33.5. The smallest absolute Gasteiger partial charge is 0.410 e. The van der Waals surface area contributed by atoms with Crippen LogP contribution in [0.15, 0.2) is 97.1 Å². The van der Waals surface area contributed by atoms with Gasteiger partial charge in [0.2, 0.25) is 0 Å². The van der Waals surface area contributed by atoms with Crippen LogP contribution in [0.2, 0.25) is 0 Å². The van der Waals surface area contributed by atoms with Gasteiger partial charge in [-0.25, -0.2) is 4.79 Å². The molecule has 1 atom stereocenters. The lowest BCUT2D eigenvalue weighted by Gasteiger charge is -2.29. The van der Waals surface area contributed by atoms with E-state index in [2.05, 4.69) is 77.7 Å². The fourth-order valence-electron chi connectivity index (χ4n) is 5.21. The third kappa shape index (κ3) is 5.84. The number of carbonyl (C=O) groups excluding carboxylic acids is 1. The summed E-state index contributed by atoms with van der Waals surface area (Å²) in [5.74, 6) is 0. The Hall–Kier alpha value is -3.83. The van der Waals surface area contributed by atoms with Crippen molar-refractivity contribution < 1.29 is 14.6 Å². The van der Waals surface area contributed by atoms with Crippen LogP contribution >= 0.6 is 0 Å². The van der Waals surface area contributed by atoms with E-state index in [9.17, 15) is 9.90 Å². The van der Waals surface area contributed by atoms with Gasteiger partial charge in [0.05, 0.1) is 6.54 Å². The maximum absolute atomic E-state index is 12.7. The summed E-state index contributed by atoms with van der Waals surface area (Å²) in [5, 5.41) is 13.9. The van der Waals surface area contributed by atoms with Gasteiger partial charge in [-0.3, -0.25) is 0 Å². The first-order chi connectivity index (χ1) is 18.2. The molecule has 38 heavy (non-hydrogen) atoms. The van der Waals surface area contributed by atoms with E-state index in [0.29, 0.717) is 13.0 Å². The Morgan fingerprint density at radius 1 is 0.895 bits per heavy atom. The molecule has 0 bridgehead atoms. The molecule has 1 aliphatic rings. The Kier molecular flexibility index (Phi) is 7.13. The quantitative estimate of drug-likeness (QED) is 0.309. The molecule has 0 spiro atoms. The molecule has 1 fully saturated rings. The number of anilines is 1. The minimum absolute atomic E-state index is 0.211. The van der Waals surface area contributed by atoms with Gasteiger partial charge in [0.25, 0.3) is 0 Å². The zero-order valence-electron chi connectivity index (χ0n) is 22.4. The zero-order valence-corrected chi connectivity index (χ0v) is 22.4. The number of hydrogen-bond donors (Lipinski definition) is 1. The number of nitrogens with zero attached hydrogens (tertiary/aromatic N) is 2. The van der Waals surface area contributed by atoms with Crippen molar-refractivity contribution in [3.8, 4) is 0 Å². The molecule has 5 rings (SSSR count). The molecular formula is C33H36N2O3. The van der Waals surface area contributed by atoms with E-state index in [1.165, 1.54) is 11.1 Å². The van der Waals surface area contributed by atoms with E-state index in [-0.39, 0.29) is 12.6 Å². The van der Waals surface area contributed by atoms with Gasteiger partial charge < -0.3 is 19.6 Å². The van der Waals surface area contributed by atoms with E-state index in [4.69, 9.17) is 4.74 Å². The lowest BCUT2D eigenvalue weighted by molar-refractivity contribution is 0.0144. The second kappa shape index (κ2) is 10.5. The molecule has 1 aliphatic heterocycles. The molecule has 1 amide bonds. The Balaban J connectivity index is 1.49. The summed E-state index contributed by atoms with van der Waals surface area (Å²) < 4.78 is 5.57. The van der Waals surface area contributed by atoms with Gasteiger partial charge >= 0.3 is 6.09 Å². The van der Waals surface area contributed by atoms with Gasteiger partial charge in [0, 0.05) is 25.3 Å². The van der Waals surface area contributed by atoms with Crippen LogP contribution in [0.1, 0.15) is 43.9 Å². The predicted molar refractivity (Wildman–Crippen MR) is 153 cm³/mol. The Morgan fingerprint density at radius 3 is 2.13 bits per heavy atom. The highest BCUT2D eigenvalue weighted by molar-refractivity contribution is 5.90. The Bertz CT molecular complexity index is 1360. The highest BCUT2D eigenvalue weighted by Crippen LogP contribution is 2.38. The average molecular weight is 509 g/mol. The molecule has 1 saturated heterocycles. The van der Waals surface area contributed by atoms with Crippen LogP contribution in [0.25, 0.3) is 10.8 Å². The minimum Gasteiger partial charge on any atom is -0.444 e. The molecule has 5 nitrogen and oxygen atoms in total. The number of ether oxygens (including phenoxy) is 1. The number of amides is 1. The second-order valence-electron chi connectivity index (χ2n) is 11.2. The van der Waals surface area contributed by atoms with Crippen molar-refractivity contribution in [2.75, 3.05) is 18.0 Å². The van der Waals surface area contributed by atoms with Crippen molar-refractivity contribution >= 4 is 22.6 Å². The number of fused-ring (bicyclic) bond motifs is 1. The number of rotatable bonds is 6. The largest absolute Gasteiger partial charge is 0.444 e. The van der Waals surface area contributed by atoms with Gasteiger partial charge in [0.1, 0.15) is 11.2 Å². The topological polar surface area (TPSA) is 53.0 Å². The van der Waals surface area contributed by atoms with Gasteiger partial charge in [-0.1, -0.05) is 84.9 Å². The van der Waals surface area contributed by atoms with Crippen LogP contribution in [0.5, 0.6) is 0 Å². The summed E-state index contributed by atoms with van der Waals surface area (Å²) in [7, 11) is 0. The molecule has 0 aliphatic carbocycles.